The van der Waals surface area contributed by atoms with Crippen LogP contribution in [0.4, 0.5) is 0 Å². The summed E-state index contributed by atoms with van der Waals surface area (Å²) < 4.78 is 0. The maximum absolute atomic E-state index is 10.6. The van der Waals surface area contributed by atoms with E-state index in [-0.39, 0.29) is 6.42 Å². The van der Waals surface area contributed by atoms with Crippen LogP contribution in [0.25, 0.3) is 0 Å². The molecular weight excluding hydrogens is 260 g/mol. The van der Waals surface area contributed by atoms with E-state index in [1.165, 1.54) is 30.8 Å². The van der Waals surface area contributed by atoms with Crippen molar-refractivity contribution < 1.29 is 9.90 Å². The van der Waals surface area contributed by atoms with Gasteiger partial charge in [0, 0.05) is 16.3 Å². The molecule has 2 rings (SSSR count). The number of rotatable bonds is 6. The molecule has 0 saturated carbocycles. The Bertz CT molecular complexity index is 411. The number of piperidine rings is 1. The standard InChI is InChI=1S/C14H22N2O2S/c1-16-6-4-11(5-7-16)9-15-10-13-3-2-12(19-13)8-14(17)18/h2-3,11,15H,4-10H2,1H3,(H,17,18). The van der Waals surface area contributed by atoms with Crippen LogP contribution in [0.1, 0.15) is 22.6 Å². The van der Waals surface area contributed by atoms with Crippen LogP contribution in [0, 0.1) is 5.92 Å². The van der Waals surface area contributed by atoms with Crippen molar-refractivity contribution in [3.8, 4) is 0 Å². The highest BCUT2D eigenvalue weighted by Gasteiger charge is 2.16. The zero-order valence-electron chi connectivity index (χ0n) is 11.4. The fraction of sp³-hybridized carbons (Fsp3) is 0.643. The van der Waals surface area contributed by atoms with E-state index in [4.69, 9.17) is 5.11 Å². The Balaban J connectivity index is 1.68. The molecule has 0 amide bonds. The molecule has 0 unspecified atom stereocenters. The first kappa shape index (κ1) is 14.5. The summed E-state index contributed by atoms with van der Waals surface area (Å²) in [6, 6.07) is 3.95. The van der Waals surface area contributed by atoms with Crippen LogP contribution < -0.4 is 5.32 Å². The number of likely N-dealkylation sites (tertiary alicyclic amines) is 1. The van der Waals surface area contributed by atoms with Gasteiger partial charge in [-0.15, -0.1) is 11.3 Å². The predicted molar refractivity (Wildman–Crippen MR) is 77.6 cm³/mol. The van der Waals surface area contributed by atoms with Crippen LogP contribution in [0.2, 0.25) is 0 Å². The molecule has 0 spiro atoms. The van der Waals surface area contributed by atoms with Crippen LogP contribution in [-0.4, -0.2) is 42.7 Å². The number of aliphatic carboxylic acids is 1. The molecule has 2 N–H and O–H groups in total. The van der Waals surface area contributed by atoms with E-state index in [0.29, 0.717) is 0 Å². The lowest BCUT2D eigenvalue weighted by atomic mass is 9.97. The van der Waals surface area contributed by atoms with Crippen molar-refractivity contribution in [1.29, 1.82) is 0 Å². The number of hydrogen-bond acceptors (Lipinski definition) is 4. The van der Waals surface area contributed by atoms with E-state index in [1.54, 1.807) is 11.3 Å². The average Bonchev–Trinajstić information content (AvgIpc) is 2.78. The highest BCUT2D eigenvalue weighted by atomic mass is 32.1. The maximum atomic E-state index is 10.6. The SMILES string of the molecule is CN1CCC(CNCc2ccc(CC(=O)O)s2)CC1. The number of nitrogens with one attached hydrogen (secondary N) is 1. The lowest BCUT2D eigenvalue weighted by Crippen LogP contribution is -2.34. The van der Waals surface area contributed by atoms with Crippen molar-refractivity contribution in [2.75, 3.05) is 26.7 Å². The van der Waals surface area contributed by atoms with Gasteiger partial charge in [-0.3, -0.25) is 4.79 Å². The van der Waals surface area contributed by atoms with Gasteiger partial charge in [0.1, 0.15) is 0 Å². The highest BCUT2D eigenvalue weighted by Crippen LogP contribution is 2.18. The van der Waals surface area contributed by atoms with Gasteiger partial charge in [-0.05, 0) is 57.6 Å². The quantitative estimate of drug-likeness (QED) is 0.835. The monoisotopic (exact) mass is 282 g/mol. The normalized spacial score (nSPS) is 17.7. The Hall–Kier alpha value is -0.910. The van der Waals surface area contributed by atoms with Gasteiger partial charge in [0.15, 0.2) is 0 Å². The van der Waals surface area contributed by atoms with Crippen molar-refractivity contribution in [2.24, 2.45) is 5.92 Å². The highest BCUT2D eigenvalue weighted by molar-refractivity contribution is 7.12. The van der Waals surface area contributed by atoms with Gasteiger partial charge in [-0.25, -0.2) is 0 Å². The summed E-state index contributed by atoms with van der Waals surface area (Å²) in [5.41, 5.74) is 0. The van der Waals surface area contributed by atoms with Crippen molar-refractivity contribution in [1.82, 2.24) is 10.2 Å². The van der Waals surface area contributed by atoms with Crippen molar-refractivity contribution in [3.63, 3.8) is 0 Å². The largest absolute Gasteiger partial charge is 0.481 e. The molecule has 106 valence electrons. The van der Waals surface area contributed by atoms with Crippen molar-refractivity contribution in [3.05, 3.63) is 21.9 Å². The van der Waals surface area contributed by atoms with Gasteiger partial charge in [0.05, 0.1) is 6.42 Å². The summed E-state index contributed by atoms with van der Waals surface area (Å²) in [6.07, 6.45) is 2.69. The molecule has 1 fully saturated rings. The molecule has 0 bridgehead atoms. The Morgan fingerprint density at radius 2 is 2.11 bits per heavy atom. The van der Waals surface area contributed by atoms with Crippen LogP contribution >= 0.6 is 11.3 Å². The van der Waals surface area contributed by atoms with Crippen LogP contribution in [0.3, 0.4) is 0 Å². The lowest BCUT2D eigenvalue weighted by Gasteiger charge is -2.28. The summed E-state index contributed by atoms with van der Waals surface area (Å²) in [5.74, 6) is 0.0299. The Labute approximate surface area is 118 Å². The van der Waals surface area contributed by atoms with Crippen LogP contribution in [0.5, 0.6) is 0 Å². The van der Waals surface area contributed by atoms with E-state index in [0.717, 1.165) is 23.9 Å². The van der Waals surface area contributed by atoms with Crippen molar-refractivity contribution in [2.45, 2.75) is 25.8 Å². The van der Waals surface area contributed by atoms with E-state index in [1.807, 2.05) is 12.1 Å². The summed E-state index contributed by atoms with van der Waals surface area (Å²) in [7, 11) is 2.18. The van der Waals surface area contributed by atoms with Gasteiger partial charge >= 0.3 is 5.97 Å². The predicted octanol–water partition coefficient (Wildman–Crippen LogP) is 1.81. The van der Waals surface area contributed by atoms with Gasteiger partial charge in [-0.1, -0.05) is 0 Å². The van der Waals surface area contributed by atoms with Crippen molar-refractivity contribution >= 4 is 17.3 Å². The molecule has 1 aliphatic heterocycles. The first-order valence-corrected chi connectivity index (χ1v) is 7.64. The third-order valence-electron chi connectivity index (χ3n) is 3.61. The molecular formula is C14H22N2O2S. The average molecular weight is 282 g/mol. The smallest absolute Gasteiger partial charge is 0.308 e. The van der Waals surface area contributed by atoms with E-state index in [2.05, 4.69) is 17.3 Å². The second kappa shape index (κ2) is 7.03. The maximum Gasteiger partial charge on any atom is 0.308 e. The zero-order chi connectivity index (χ0) is 13.7. The van der Waals surface area contributed by atoms with E-state index < -0.39 is 5.97 Å². The molecule has 1 aliphatic rings. The third-order valence-corrected chi connectivity index (χ3v) is 4.70. The third kappa shape index (κ3) is 4.93. The molecule has 2 heterocycles. The van der Waals surface area contributed by atoms with Crippen LogP contribution in [-0.2, 0) is 17.8 Å². The lowest BCUT2D eigenvalue weighted by molar-refractivity contribution is -0.136. The number of carboxylic acid groups (broad SMARTS) is 1. The molecule has 5 heteroatoms. The number of carbonyl (C=O) groups is 1. The Kier molecular flexibility index (Phi) is 5.36. The molecule has 1 saturated heterocycles. The number of nitrogens with zero attached hydrogens (tertiary/aromatic N) is 1. The van der Waals surface area contributed by atoms with E-state index >= 15 is 0 Å². The van der Waals surface area contributed by atoms with Crippen LogP contribution in [0.15, 0.2) is 12.1 Å². The fourth-order valence-corrected chi connectivity index (χ4v) is 3.41. The molecule has 19 heavy (non-hydrogen) atoms. The molecule has 4 nitrogen and oxygen atoms in total. The molecule has 1 aromatic heterocycles. The summed E-state index contributed by atoms with van der Waals surface area (Å²) in [4.78, 5) is 15.2. The molecule has 0 atom stereocenters. The Morgan fingerprint density at radius 1 is 1.42 bits per heavy atom. The second-order valence-corrected chi connectivity index (χ2v) is 6.57. The second-order valence-electron chi connectivity index (χ2n) is 5.32. The summed E-state index contributed by atoms with van der Waals surface area (Å²) >= 11 is 1.60. The van der Waals surface area contributed by atoms with Gasteiger partial charge in [0.2, 0.25) is 0 Å². The number of thiophene rings is 1. The number of hydrogen-bond donors (Lipinski definition) is 2. The summed E-state index contributed by atoms with van der Waals surface area (Å²) in [6.45, 7) is 4.33. The van der Waals surface area contributed by atoms with Gasteiger partial charge in [-0.2, -0.15) is 0 Å². The molecule has 1 aromatic rings. The zero-order valence-corrected chi connectivity index (χ0v) is 12.2. The van der Waals surface area contributed by atoms with Gasteiger partial charge in [0.25, 0.3) is 0 Å². The minimum atomic E-state index is -0.757. The minimum absolute atomic E-state index is 0.139. The van der Waals surface area contributed by atoms with E-state index in [9.17, 15) is 4.79 Å². The first-order chi connectivity index (χ1) is 9.13. The first-order valence-electron chi connectivity index (χ1n) is 6.82. The van der Waals surface area contributed by atoms with Gasteiger partial charge < -0.3 is 15.3 Å². The fourth-order valence-electron chi connectivity index (χ4n) is 2.43. The Morgan fingerprint density at radius 3 is 2.79 bits per heavy atom. The molecule has 0 aliphatic carbocycles. The molecule has 0 aromatic carbocycles. The minimum Gasteiger partial charge on any atom is -0.481 e. The topological polar surface area (TPSA) is 52.6 Å². The summed E-state index contributed by atoms with van der Waals surface area (Å²) in [5, 5.41) is 12.2. The molecule has 0 radical (unpaired) electrons. The number of carboxylic acids is 1.